The quantitative estimate of drug-likeness (QED) is 0.105. The molecule has 6 N–H and O–H groups in total. The van der Waals surface area contributed by atoms with Gasteiger partial charge in [0, 0.05) is 94.9 Å². The summed E-state index contributed by atoms with van der Waals surface area (Å²) in [6.07, 6.45) is 9.81. The van der Waals surface area contributed by atoms with Crippen LogP contribution in [0.3, 0.4) is 0 Å². The zero-order chi connectivity index (χ0) is 51.0. The predicted molar refractivity (Wildman–Crippen MR) is 282 cm³/mol. The number of aryl methyl sites for hydroxylation is 1. The first kappa shape index (κ1) is 50.3. The molecule has 2 aromatic carbocycles. The second-order valence-corrected chi connectivity index (χ2v) is 22.6. The van der Waals surface area contributed by atoms with E-state index in [4.69, 9.17) is 15.7 Å². The van der Waals surface area contributed by atoms with Crippen molar-refractivity contribution in [1.29, 1.82) is 0 Å². The summed E-state index contributed by atoms with van der Waals surface area (Å²) in [4.78, 5) is 67.8. The van der Waals surface area contributed by atoms with Crippen LogP contribution in [0.2, 0.25) is 0 Å². The van der Waals surface area contributed by atoms with Crippen molar-refractivity contribution in [2.24, 2.45) is 5.41 Å². The number of aliphatic hydroxyl groups excluding tert-OH is 1. The van der Waals surface area contributed by atoms with E-state index in [-0.39, 0.29) is 61.6 Å². The highest BCUT2D eigenvalue weighted by Crippen LogP contribution is 2.40. The van der Waals surface area contributed by atoms with Crippen molar-refractivity contribution >= 4 is 46.5 Å². The van der Waals surface area contributed by atoms with Crippen LogP contribution in [0.15, 0.2) is 72.5 Å². The van der Waals surface area contributed by atoms with Crippen LogP contribution in [0.5, 0.6) is 5.75 Å². The van der Waals surface area contributed by atoms with Gasteiger partial charge in [-0.15, -0.1) is 21.5 Å². The van der Waals surface area contributed by atoms with E-state index < -0.39 is 23.6 Å². The fourth-order valence-corrected chi connectivity index (χ4v) is 12.6. The van der Waals surface area contributed by atoms with Gasteiger partial charge in [0.2, 0.25) is 23.7 Å². The van der Waals surface area contributed by atoms with Crippen LogP contribution < -0.4 is 26.2 Å². The number of hydrogen-bond acceptors (Lipinski definition) is 16. The highest BCUT2D eigenvalue weighted by atomic mass is 32.1. The van der Waals surface area contributed by atoms with Gasteiger partial charge in [-0.3, -0.25) is 24.2 Å². The van der Waals surface area contributed by atoms with Gasteiger partial charge in [0.05, 0.1) is 40.1 Å². The standard InChI is InChI=1S/C54H69N13O5S/c1-33-48(73-32-59-33)36-11-9-34(10-12-36)25-56-51(71)45-23-41(68)30-66(45)52(72)49(54(2,3)4)60-47(70)31-63-19-21-64(22-20-63)38-15-13-35(14-16-38)37-26-57-53(58-27-37)67-39-17-18-40(67)29-65(28-39)44-24-43(61-62-50(44)55)42-7-5-6-8-46(42)69/h5-12,24,26-27,32,35,38-41,45,49,68-69H,13-23,25,28-31H2,1-4H3,(H2,55,62)(H,56,71)(H,60,70)/t35-,38+,39?,40?,41-,45+,49?/m1/s1. The number of anilines is 3. The number of aromatic hydroxyl groups is 1. The highest BCUT2D eigenvalue weighted by molar-refractivity contribution is 7.13. The number of phenolic OH excluding ortho intramolecular Hbond substituents is 1. The Labute approximate surface area is 431 Å². The molecule has 4 saturated heterocycles. The van der Waals surface area contributed by atoms with Gasteiger partial charge in [0.25, 0.3) is 0 Å². The van der Waals surface area contributed by atoms with Gasteiger partial charge < -0.3 is 41.3 Å². The maximum Gasteiger partial charge on any atom is 0.246 e. The third-order valence-electron chi connectivity index (χ3n) is 15.9. The summed E-state index contributed by atoms with van der Waals surface area (Å²) >= 11 is 1.59. The van der Waals surface area contributed by atoms with Crippen LogP contribution in [0.4, 0.5) is 17.5 Å². The number of aromatic nitrogens is 5. The fourth-order valence-electron chi connectivity index (χ4n) is 11.8. The first-order chi connectivity index (χ1) is 35.2. The van der Waals surface area contributed by atoms with E-state index in [9.17, 15) is 24.6 Å². The summed E-state index contributed by atoms with van der Waals surface area (Å²) in [5, 5.41) is 35.7. The molecule has 4 aliphatic heterocycles. The summed E-state index contributed by atoms with van der Waals surface area (Å²) in [5.41, 5.74) is 13.8. The molecule has 5 atom stereocenters. The molecule has 0 spiro atoms. The van der Waals surface area contributed by atoms with E-state index in [1.165, 1.54) is 10.5 Å². The highest BCUT2D eigenvalue weighted by Gasteiger charge is 2.45. The lowest BCUT2D eigenvalue weighted by molar-refractivity contribution is -0.144. The monoisotopic (exact) mass is 1010 g/mol. The number of para-hydroxylation sites is 1. The van der Waals surface area contributed by atoms with E-state index >= 15 is 0 Å². The Morgan fingerprint density at radius 2 is 1.55 bits per heavy atom. The van der Waals surface area contributed by atoms with Crippen LogP contribution in [0.1, 0.15) is 88.5 Å². The molecule has 18 nitrogen and oxygen atoms in total. The number of rotatable bonds is 13. The minimum Gasteiger partial charge on any atom is -0.507 e. The van der Waals surface area contributed by atoms with Gasteiger partial charge >= 0.3 is 0 Å². The summed E-state index contributed by atoms with van der Waals surface area (Å²) in [6, 6.07) is 16.3. The second kappa shape index (κ2) is 21.3. The Kier molecular flexibility index (Phi) is 14.7. The third-order valence-corrected chi connectivity index (χ3v) is 16.8. The van der Waals surface area contributed by atoms with Crippen molar-refractivity contribution in [3.8, 4) is 27.4 Å². The number of nitrogen functional groups attached to an aromatic ring is 1. The van der Waals surface area contributed by atoms with E-state index in [1.54, 1.807) is 23.5 Å². The Bertz CT molecular complexity index is 2740. The first-order valence-corrected chi connectivity index (χ1v) is 26.8. The van der Waals surface area contributed by atoms with E-state index in [2.05, 4.69) is 45.4 Å². The maximum atomic E-state index is 14.3. The molecule has 19 heteroatoms. The molecular formula is C54H69N13O5S. The molecule has 5 aromatic rings. The number of nitrogens with zero attached hydrogens (tertiary/aromatic N) is 10. The van der Waals surface area contributed by atoms with Crippen LogP contribution >= 0.6 is 11.3 Å². The van der Waals surface area contributed by atoms with Crippen LogP contribution in [-0.2, 0) is 20.9 Å². The molecule has 3 amide bonds. The van der Waals surface area contributed by atoms with E-state index in [0.29, 0.717) is 29.0 Å². The van der Waals surface area contributed by atoms with E-state index in [1.807, 2.05) is 88.1 Å². The molecule has 3 aromatic heterocycles. The number of β-amino-alcohol motifs (C(OH)–C–C–N with tert-alkyl or cyclic N) is 1. The average Bonchev–Trinajstić information content (AvgIpc) is 4.08. The van der Waals surface area contributed by atoms with Crippen molar-refractivity contribution in [3.63, 3.8) is 0 Å². The Hall–Kier alpha value is -6.28. The zero-order valence-electron chi connectivity index (χ0n) is 42.4. The number of aliphatic hydroxyl groups is 1. The molecule has 7 heterocycles. The van der Waals surface area contributed by atoms with Crippen molar-refractivity contribution in [2.45, 2.75) is 121 Å². The second-order valence-electron chi connectivity index (χ2n) is 21.8. The fraction of sp³-hybridized carbons (Fsp3) is 0.519. The van der Waals surface area contributed by atoms with Crippen LogP contribution in [0.25, 0.3) is 21.7 Å². The maximum absolute atomic E-state index is 14.3. The van der Waals surface area contributed by atoms with Crippen molar-refractivity contribution in [3.05, 3.63) is 89.3 Å². The number of amides is 3. The molecule has 3 unspecified atom stereocenters. The molecule has 0 radical (unpaired) electrons. The van der Waals surface area contributed by atoms with Gasteiger partial charge in [-0.1, -0.05) is 57.2 Å². The lowest BCUT2D eigenvalue weighted by atomic mass is 9.82. The number of phenols is 1. The average molecular weight is 1010 g/mol. The zero-order valence-corrected chi connectivity index (χ0v) is 43.2. The molecule has 386 valence electrons. The number of nitrogens with two attached hydrogens (primary N) is 1. The smallest absolute Gasteiger partial charge is 0.246 e. The number of likely N-dealkylation sites (tertiary alicyclic amines) is 1. The third kappa shape index (κ3) is 11.0. The molecule has 1 aliphatic carbocycles. The minimum absolute atomic E-state index is 0.0286. The molecule has 1 saturated carbocycles. The van der Waals surface area contributed by atoms with Gasteiger partial charge in [-0.2, -0.15) is 0 Å². The number of hydrogen-bond donors (Lipinski definition) is 5. The number of carbonyl (C=O) groups is 3. The first-order valence-electron chi connectivity index (χ1n) is 25.9. The summed E-state index contributed by atoms with van der Waals surface area (Å²) in [5.74, 6) is 0.814. The number of piperazine rings is 2. The molecular weight excluding hydrogens is 943 g/mol. The summed E-state index contributed by atoms with van der Waals surface area (Å²) in [7, 11) is 0. The summed E-state index contributed by atoms with van der Waals surface area (Å²) in [6.45, 7) is 13.0. The van der Waals surface area contributed by atoms with Gasteiger partial charge in [0.1, 0.15) is 17.8 Å². The number of carbonyl (C=O) groups excluding carboxylic acids is 3. The Morgan fingerprint density at radius 3 is 2.21 bits per heavy atom. The van der Waals surface area contributed by atoms with Gasteiger partial charge in [-0.25, -0.2) is 15.0 Å². The van der Waals surface area contributed by atoms with Crippen molar-refractivity contribution in [2.75, 3.05) is 67.9 Å². The van der Waals surface area contributed by atoms with Crippen molar-refractivity contribution in [1.82, 2.24) is 50.5 Å². The molecule has 2 bridgehead atoms. The van der Waals surface area contributed by atoms with Gasteiger partial charge in [-0.05, 0) is 91.7 Å². The van der Waals surface area contributed by atoms with E-state index in [0.717, 1.165) is 111 Å². The molecule has 5 fully saturated rings. The topological polar surface area (TPSA) is 222 Å². The Morgan fingerprint density at radius 1 is 0.863 bits per heavy atom. The Balaban J connectivity index is 0.670. The van der Waals surface area contributed by atoms with Crippen LogP contribution in [0, 0.1) is 12.3 Å². The number of thiazole rings is 1. The molecule has 10 rings (SSSR count). The number of benzene rings is 2. The lowest BCUT2D eigenvalue weighted by Crippen LogP contribution is -2.59. The molecule has 73 heavy (non-hydrogen) atoms. The normalized spacial score (nSPS) is 24.2. The van der Waals surface area contributed by atoms with Gasteiger partial charge in [0.15, 0.2) is 5.82 Å². The van der Waals surface area contributed by atoms with Crippen LogP contribution in [-0.4, -0.2) is 156 Å². The predicted octanol–water partition coefficient (Wildman–Crippen LogP) is 4.96. The summed E-state index contributed by atoms with van der Waals surface area (Å²) < 4.78 is 0. The van der Waals surface area contributed by atoms with Crippen molar-refractivity contribution < 1.29 is 24.6 Å². The number of fused-ring (bicyclic) bond motifs is 2. The minimum atomic E-state index is -0.878. The lowest BCUT2D eigenvalue weighted by Gasteiger charge is -2.42. The number of nitrogens with one attached hydrogen (secondary N) is 2. The largest absolute Gasteiger partial charge is 0.507 e. The SMILES string of the molecule is Cc1ncsc1-c1ccc(CNC(=O)[C@@H]2C[C@@H](O)CN2C(=O)C(NC(=O)CN2CCN([C@H]3CC[C@@H](c4cnc(N5C6CCC5CN(c5cc(-c7ccccc7O)nnc5N)C6)nc4)CC3)CC2)C(C)(C)C)cc1. The molecule has 5 aliphatic rings.